The third kappa shape index (κ3) is 4.70. The van der Waals surface area contributed by atoms with Gasteiger partial charge in [-0.2, -0.15) is 0 Å². The number of rotatable bonds is 5. The minimum Gasteiger partial charge on any atom is -0.457 e. The van der Waals surface area contributed by atoms with Gasteiger partial charge in [-0.1, -0.05) is 31.5 Å². The topological polar surface area (TPSA) is 21.3 Å². The van der Waals surface area contributed by atoms with Gasteiger partial charge in [0.15, 0.2) is 0 Å². The molecule has 2 nitrogen and oxygen atoms in total. The molecular formula is C16H16BrClFNO. The molecule has 0 spiro atoms. The second-order valence-electron chi connectivity index (χ2n) is 4.97. The molecule has 0 amide bonds. The van der Waals surface area contributed by atoms with E-state index in [0.29, 0.717) is 33.6 Å². The van der Waals surface area contributed by atoms with Gasteiger partial charge >= 0.3 is 0 Å². The van der Waals surface area contributed by atoms with Crippen molar-refractivity contribution in [3.05, 3.63) is 57.3 Å². The van der Waals surface area contributed by atoms with Crippen LogP contribution in [0.25, 0.3) is 0 Å². The third-order valence-electron chi connectivity index (χ3n) is 2.85. The van der Waals surface area contributed by atoms with Crippen LogP contribution >= 0.6 is 27.5 Å². The van der Waals surface area contributed by atoms with E-state index < -0.39 is 0 Å². The van der Waals surface area contributed by atoms with Crippen LogP contribution in [0.2, 0.25) is 5.02 Å². The highest BCUT2D eigenvalue weighted by Gasteiger charge is 2.06. The van der Waals surface area contributed by atoms with Crippen molar-refractivity contribution in [1.29, 1.82) is 0 Å². The van der Waals surface area contributed by atoms with E-state index in [1.165, 1.54) is 6.07 Å². The van der Waals surface area contributed by atoms with Gasteiger partial charge in [0.2, 0.25) is 0 Å². The molecule has 2 aromatic carbocycles. The molecule has 0 saturated carbocycles. The van der Waals surface area contributed by atoms with E-state index in [2.05, 4.69) is 35.1 Å². The lowest BCUT2D eigenvalue weighted by Crippen LogP contribution is -2.21. The second kappa shape index (κ2) is 7.25. The lowest BCUT2D eigenvalue weighted by atomic mass is 10.2. The van der Waals surface area contributed by atoms with Crippen LogP contribution in [0.1, 0.15) is 19.4 Å². The molecule has 0 aromatic heterocycles. The van der Waals surface area contributed by atoms with E-state index in [9.17, 15) is 4.39 Å². The maximum Gasteiger partial charge on any atom is 0.141 e. The normalized spacial score (nSPS) is 11.0. The minimum absolute atomic E-state index is 0.364. The molecule has 0 radical (unpaired) electrons. The average Bonchev–Trinajstić information content (AvgIpc) is 2.42. The Hall–Kier alpha value is -1.10. The van der Waals surface area contributed by atoms with Crippen LogP contribution in [0, 0.1) is 5.82 Å². The van der Waals surface area contributed by atoms with Gasteiger partial charge in [-0.05, 0) is 45.8 Å². The summed E-state index contributed by atoms with van der Waals surface area (Å²) in [4.78, 5) is 0. The molecule has 0 aliphatic carbocycles. The molecular weight excluding hydrogens is 357 g/mol. The predicted octanol–water partition coefficient (Wildman–Crippen LogP) is 5.53. The van der Waals surface area contributed by atoms with Crippen molar-refractivity contribution < 1.29 is 9.13 Å². The zero-order chi connectivity index (χ0) is 15.4. The number of nitrogens with one attached hydrogen (secondary N) is 1. The van der Waals surface area contributed by atoms with Crippen molar-refractivity contribution in [3.63, 3.8) is 0 Å². The first-order chi connectivity index (χ1) is 9.95. The van der Waals surface area contributed by atoms with Crippen LogP contribution < -0.4 is 10.1 Å². The summed E-state index contributed by atoms with van der Waals surface area (Å²) in [5.74, 6) is 0.645. The van der Waals surface area contributed by atoms with Crippen molar-refractivity contribution in [1.82, 2.24) is 5.32 Å². The fourth-order valence-corrected chi connectivity index (χ4v) is 2.21. The summed E-state index contributed by atoms with van der Waals surface area (Å²) in [5.41, 5.74) is 1.000. The highest BCUT2D eigenvalue weighted by atomic mass is 79.9. The van der Waals surface area contributed by atoms with Gasteiger partial charge in [0, 0.05) is 23.7 Å². The third-order valence-corrected chi connectivity index (χ3v) is 3.85. The quantitative estimate of drug-likeness (QED) is 0.745. The first-order valence-corrected chi connectivity index (χ1v) is 7.77. The molecule has 0 aliphatic rings. The van der Waals surface area contributed by atoms with E-state index in [-0.39, 0.29) is 5.82 Å². The van der Waals surface area contributed by atoms with E-state index in [4.69, 9.17) is 16.3 Å². The van der Waals surface area contributed by atoms with Gasteiger partial charge in [-0.25, -0.2) is 4.39 Å². The lowest BCUT2D eigenvalue weighted by molar-refractivity contribution is 0.476. The monoisotopic (exact) mass is 371 g/mol. The first kappa shape index (κ1) is 16.3. The zero-order valence-electron chi connectivity index (χ0n) is 11.8. The van der Waals surface area contributed by atoms with Gasteiger partial charge in [-0.15, -0.1) is 0 Å². The summed E-state index contributed by atoms with van der Waals surface area (Å²) in [7, 11) is 0. The zero-order valence-corrected chi connectivity index (χ0v) is 14.1. The number of hydrogen-bond acceptors (Lipinski definition) is 2. The molecule has 0 saturated heterocycles. The van der Waals surface area contributed by atoms with Crippen LogP contribution in [0.4, 0.5) is 4.39 Å². The molecule has 0 bridgehead atoms. The van der Waals surface area contributed by atoms with Gasteiger partial charge < -0.3 is 10.1 Å². The Morgan fingerprint density at radius 3 is 2.48 bits per heavy atom. The fraction of sp³-hybridized carbons (Fsp3) is 0.250. The molecule has 2 aromatic rings. The van der Waals surface area contributed by atoms with Gasteiger partial charge in [0.25, 0.3) is 0 Å². The van der Waals surface area contributed by atoms with Gasteiger partial charge in [0.1, 0.15) is 17.3 Å². The highest BCUT2D eigenvalue weighted by molar-refractivity contribution is 9.10. The molecule has 0 aliphatic heterocycles. The molecule has 5 heteroatoms. The summed E-state index contributed by atoms with van der Waals surface area (Å²) in [6.07, 6.45) is 0. The summed E-state index contributed by atoms with van der Waals surface area (Å²) in [6, 6.07) is 10.5. The van der Waals surface area contributed by atoms with Crippen LogP contribution in [0.15, 0.2) is 40.9 Å². The van der Waals surface area contributed by atoms with Crippen molar-refractivity contribution >= 4 is 27.5 Å². The SMILES string of the molecule is CC(C)NCc1ccc(Oc2ccc(Br)c(F)c2)cc1Cl. The van der Waals surface area contributed by atoms with Crippen molar-refractivity contribution in [3.8, 4) is 11.5 Å². The predicted molar refractivity (Wildman–Crippen MR) is 87.6 cm³/mol. The van der Waals surface area contributed by atoms with Crippen LogP contribution in [0.5, 0.6) is 11.5 Å². The van der Waals surface area contributed by atoms with E-state index >= 15 is 0 Å². The summed E-state index contributed by atoms with van der Waals surface area (Å²) >= 11 is 9.34. The smallest absolute Gasteiger partial charge is 0.141 e. The molecule has 21 heavy (non-hydrogen) atoms. The highest BCUT2D eigenvalue weighted by Crippen LogP contribution is 2.29. The van der Waals surface area contributed by atoms with Gasteiger partial charge in [-0.3, -0.25) is 0 Å². The van der Waals surface area contributed by atoms with Gasteiger partial charge in [0.05, 0.1) is 4.47 Å². The van der Waals surface area contributed by atoms with E-state index in [0.717, 1.165) is 5.56 Å². The molecule has 1 N–H and O–H groups in total. The number of hydrogen-bond donors (Lipinski definition) is 1. The fourth-order valence-electron chi connectivity index (χ4n) is 1.73. The summed E-state index contributed by atoms with van der Waals surface area (Å²) in [5, 5.41) is 3.93. The van der Waals surface area contributed by atoms with E-state index in [1.54, 1.807) is 18.2 Å². The molecule has 0 fully saturated rings. The summed E-state index contributed by atoms with van der Waals surface area (Å²) in [6.45, 7) is 4.85. The Morgan fingerprint density at radius 1 is 1.19 bits per heavy atom. The first-order valence-electron chi connectivity index (χ1n) is 6.60. The summed E-state index contributed by atoms with van der Waals surface area (Å²) < 4.78 is 19.5. The molecule has 112 valence electrons. The Kier molecular flexibility index (Phi) is 5.62. The molecule has 0 atom stereocenters. The lowest BCUT2D eigenvalue weighted by Gasteiger charge is -2.11. The molecule has 2 rings (SSSR count). The van der Waals surface area contributed by atoms with E-state index in [1.807, 2.05) is 12.1 Å². The Bertz CT molecular complexity index is 634. The Labute approximate surface area is 137 Å². The number of ether oxygens (including phenoxy) is 1. The van der Waals surface area contributed by atoms with Crippen molar-refractivity contribution in [2.45, 2.75) is 26.4 Å². The maximum atomic E-state index is 13.4. The largest absolute Gasteiger partial charge is 0.457 e. The Balaban J connectivity index is 2.10. The van der Waals surface area contributed by atoms with Crippen molar-refractivity contribution in [2.75, 3.05) is 0 Å². The van der Waals surface area contributed by atoms with Crippen LogP contribution in [0.3, 0.4) is 0 Å². The standard InChI is InChI=1S/C16H16BrClFNO/c1-10(2)20-9-11-3-4-12(7-15(11)18)21-13-5-6-14(17)16(19)8-13/h3-8,10,20H,9H2,1-2H3. The second-order valence-corrected chi connectivity index (χ2v) is 6.23. The maximum absolute atomic E-state index is 13.4. The average molecular weight is 373 g/mol. The molecule has 0 unspecified atom stereocenters. The number of halogens is 3. The van der Waals surface area contributed by atoms with Crippen LogP contribution in [-0.2, 0) is 6.54 Å². The minimum atomic E-state index is -0.364. The van der Waals surface area contributed by atoms with Crippen LogP contribution in [-0.4, -0.2) is 6.04 Å². The molecule has 0 heterocycles. The number of benzene rings is 2. The Morgan fingerprint density at radius 2 is 1.86 bits per heavy atom. The van der Waals surface area contributed by atoms with Crippen molar-refractivity contribution in [2.24, 2.45) is 0 Å².